The largest absolute Gasteiger partial charge is 0.481 e. The average molecular weight is 325 g/mol. The summed E-state index contributed by atoms with van der Waals surface area (Å²) in [6.07, 6.45) is 0.525. The monoisotopic (exact) mass is 324 g/mol. The molecular weight excluding hydrogens is 300 g/mol. The number of likely N-dealkylation sites (N-methyl/N-ethyl adjacent to an activating group) is 1. The van der Waals surface area contributed by atoms with Crippen molar-refractivity contribution in [3.63, 3.8) is 0 Å². The Bertz CT molecular complexity index is 524. The number of ether oxygens (including phenoxy) is 1. The van der Waals surface area contributed by atoms with Crippen LogP contribution in [0.25, 0.3) is 0 Å². The first-order chi connectivity index (χ1) is 10.4. The summed E-state index contributed by atoms with van der Waals surface area (Å²) in [6, 6.07) is 3.77. The molecule has 5 heteroatoms. The Morgan fingerprint density at radius 1 is 1.18 bits per heavy atom. The van der Waals surface area contributed by atoms with Crippen molar-refractivity contribution in [2.24, 2.45) is 0 Å². The van der Waals surface area contributed by atoms with Crippen molar-refractivity contribution in [3.05, 3.63) is 28.3 Å². The summed E-state index contributed by atoms with van der Waals surface area (Å²) in [5, 5.41) is 0.752. The zero-order valence-electron chi connectivity index (χ0n) is 13.9. The number of aryl methyl sites for hydroxylation is 2. The lowest BCUT2D eigenvalue weighted by molar-refractivity contribution is -0.137. The van der Waals surface area contributed by atoms with Gasteiger partial charge < -0.3 is 14.5 Å². The lowest BCUT2D eigenvalue weighted by atomic mass is 10.1. The Morgan fingerprint density at radius 3 is 2.45 bits per heavy atom. The van der Waals surface area contributed by atoms with E-state index in [1.165, 1.54) is 0 Å². The Hall–Kier alpha value is -1.26. The third kappa shape index (κ3) is 4.14. The zero-order chi connectivity index (χ0) is 16.3. The van der Waals surface area contributed by atoms with Gasteiger partial charge in [0.2, 0.25) is 0 Å². The molecule has 22 heavy (non-hydrogen) atoms. The summed E-state index contributed by atoms with van der Waals surface area (Å²) in [4.78, 5) is 16.7. The Labute approximate surface area is 138 Å². The van der Waals surface area contributed by atoms with Crippen LogP contribution < -0.4 is 4.74 Å². The van der Waals surface area contributed by atoms with Gasteiger partial charge in [-0.05, 0) is 64.0 Å². The van der Waals surface area contributed by atoms with E-state index < -0.39 is 6.10 Å². The molecule has 1 heterocycles. The van der Waals surface area contributed by atoms with E-state index in [2.05, 4.69) is 11.9 Å². The molecule has 1 aliphatic heterocycles. The summed E-state index contributed by atoms with van der Waals surface area (Å²) in [5.74, 6) is 0.757. The van der Waals surface area contributed by atoms with E-state index in [1.807, 2.05) is 37.8 Å². The lowest BCUT2D eigenvalue weighted by Crippen LogP contribution is -2.42. The molecule has 1 fully saturated rings. The number of benzene rings is 1. The smallest absolute Gasteiger partial charge is 0.263 e. The quantitative estimate of drug-likeness (QED) is 0.857. The summed E-state index contributed by atoms with van der Waals surface area (Å²) >= 11 is 6.17. The van der Waals surface area contributed by atoms with E-state index in [1.54, 1.807) is 0 Å². The van der Waals surface area contributed by atoms with Gasteiger partial charge in [0.25, 0.3) is 5.91 Å². The van der Waals surface area contributed by atoms with Gasteiger partial charge in [-0.3, -0.25) is 4.79 Å². The van der Waals surface area contributed by atoms with Crippen LogP contribution in [0.4, 0.5) is 0 Å². The molecule has 0 spiro atoms. The van der Waals surface area contributed by atoms with Gasteiger partial charge in [-0.2, -0.15) is 0 Å². The topological polar surface area (TPSA) is 32.8 Å². The van der Waals surface area contributed by atoms with Gasteiger partial charge in [-0.15, -0.1) is 0 Å². The first-order valence-electron chi connectivity index (χ1n) is 7.79. The molecule has 1 aromatic rings. The van der Waals surface area contributed by atoms with Crippen molar-refractivity contribution in [1.29, 1.82) is 0 Å². The molecule has 1 saturated heterocycles. The van der Waals surface area contributed by atoms with E-state index in [0.29, 0.717) is 5.75 Å². The molecule has 4 nitrogen and oxygen atoms in total. The van der Waals surface area contributed by atoms with Crippen LogP contribution in [0.3, 0.4) is 0 Å². The molecule has 122 valence electrons. The van der Waals surface area contributed by atoms with Gasteiger partial charge >= 0.3 is 0 Å². The van der Waals surface area contributed by atoms with E-state index >= 15 is 0 Å². The molecule has 0 N–H and O–H groups in total. The normalized spacial score (nSPS) is 18.0. The number of carbonyl (C=O) groups excluding carboxylic acids is 1. The maximum Gasteiger partial charge on any atom is 0.263 e. The maximum absolute atomic E-state index is 12.6. The molecule has 1 atom stereocenters. The fourth-order valence-electron chi connectivity index (χ4n) is 2.75. The highest BCUT2D eigenvalue weighted by atomic mass is 35.5. The van der Waals surface area contributed by atoms with Crippen LogP contribution in [-0.4, -0.2) is 55.0 Å². The summed E-state index contributed by atoms with van der Waals surface area (Å²) in [6.45, 7) is 9.22. The number of nitrogens with zero attached hydrogens (tertiary/aromatic N) is 2. The number of rotatable bonds is 3. The molecule has 0 bridgehead atoms. The highest BCUT2D eigenvalue weighted by molar-refractivity contribution is 6.32. The van der Waals surface area contributed by atoms with Crippen molar-refractivity contribution >= 4 is 17.5 Å². The van der Waals surface area contributed by atoms with Crippen molar-refractivity contribution in [2.75, 3.05) is 33.2 Å². The van der Waals surface area contributed by atoms with E-state index in [9.17, 15) is 4.79 Å². The van der Waals surface area contributed by atoms with Gasteiger partial charge in [0.05, 0.1) is 0 Å². The van der Waals surface area contributed by atoms with Crippen LogP contribution in [0.15, 0.2) is 12.1 Å². The standard InChI is InChI=1S/C17H25ClN2O2/c1-12-10-15(11-13(2)16(12)18)22-14(3)17(21)20-7-5-6-19(4)8-9-20/h10-11,14H,5-9H2,1-4H3/t14-/m1/s1. The Balaban J connectivity index is 2.02. The lowest BCUT2D eigenvalue weighted by Gasteiger charge is -2.25. The van der Waals surface area contributed by atoms with Crippen molar-refractivity contribution in [3.8, 4) is 5.75 Å². The predicted molar refractivity (Wildman–Crippen MR) is 89.7 cm³/mol. The molecule has 0 unspecified atom stereocenters. The molecule has 0 aliphatic carbocycles. The van der Waals surface area contributed by atoms with E-state index in [-0.39, 0.29) is 5.91 Å². The SMILES string of the molecule is Cc1cc(O[C@H](C)C(=O)N2CCCN(C)CC2)cc(C)c1Cl. The van der Waals surface area contributed by atoms with Crippen molar-refractivity contribution in [1.82, 2.24) is 9.80 Å². The fraction of sp³-hybridized carbons (Fsp3) is 0.588. The van der Waals surface area contributed by atoms with Crippen LogP contribution in [0.2, 0.25) is 5.02 Å². The summed E-state index contributed by atoms with van der Waals surface area (Å²) in [7, 11) is 2.09. The second-order valence-electron chi connectivity index (χ2n) is 6.11. The molecular formula is C17H25ClN2O2. The third-order valence-corrected chi connectivity index (χ3v) is 4.70. The predicted octanol–water partition coefficient (Wildman–Crippen LogP) is 2.89. The van der Waals surface area contributed by atoms with Crippen molar-refractivity contribution in [2.45, 2.75) is 33.3 Å². The number of hydrogen-bond acceptors (Lipinski definition) is 3. The highest BCUT2D eigenvalue weighted by Crippen LogP contribution is 2.26. The van der Waals surface area contributed by atoms with Gasteiger partial charge in [0, 0.05) is 24.7 Å². The van der Waals surface area contributed by atoms with E-state index in [4.69, 9.17) is 16.3 Å². The van der Waals surface area contributed by atoms with Gasteiger partial charge in [0.15, 0.2) is 6.10 Å². The van der Waals surface area contributed by atoms with Crippen LogP contribution in [0.1, 0.15) is 24.5 Å². The average Bonchev–Trinajstić information content (AvgIpc) is 2.68. The first kappa shape index (κ1) is 17.1. The highest BCUT2D eigenvalue weighted by Gasteiger charge is 2.24. The second-order valence-corrected chi connectivity index (χ2v) is 6.49. The van der Waals surface area contributed by atoms with E-state index in [0.717, 1.165) is 48.7 Å². The van der Waals surface area contributed by atoms with Crippen LogP contribution >= 0.6 is 11.6 Å². The summed E-state index contributed by atoms with van der Waals surface area (Å²) < 4.78 is 5.85. The van der Waals surface area contributed by atoms with Crippen LogP contribution in [0, 0.1) is 13.8 Å². The molecule has 1 aromatic carbocycles. The number of hydrogen-bond donors (Lipinski definition) is 0. The minimum atomic E-state index is -0.483. The number of halogens is 1. The Kier molecular flexibility index (Phi) is 5.70. The molecule has 1 amide bonds. The fourth-order valence-corrected chi connectivity index (χ4v) is 2.86. The van der Waals surface area contributed by atoms with Gasteiger partial charge in [-0.1, -0.05) is 11.6 Å². The summed E-state index contributed by atoms with van der Waals surface area (Å²) in [5.41, 5.74) is 1.93. The first-order valence-corrected chi connectivity index (χ1v) is 8.17. The van der Waals surface area contributed by atoms with Crippen molar-refractivity contribution < 1.29 is 9.53 Å². The van der Waals surface area contributed by atoms with Crippen LogP contribution in [-0.2, 0) is 4.79 Å². The maximum atomic E-state index is 12.6. The zero-order valence-corrected chi connectivity index (χ0v) is 14.6. The second kappa shape index (κ2) is 7.34. The molecule has 0 aromatic heterocycles. The van der Waals surface area contributed by atoms with Gasteiger partial charge in [-0.25, -0.2) is 0 Å². The molecule has 0 radical (unpaired) electrons. The van der Waals surface area contributed by atoms with Gasteiger partial charge in [0.1, 0.15) is 5.75 Å². The third-order valence-electron chi connectivity index (χ3n) is 4.10. The molecule has 1 aliphatic rings. The molecule has 0 saturated carbocycles. The Morgan fingerprint density at radius 2 is 1.82 bits per heavy atom. The molecule has 2 rings (SSSR count). The minimum absolute atomic E-state index is 0.0561. The number of carbonyl (C=O) groups is 1. The minimum Gasteiger partial charge on any atom is -0.481 e. The number of amides is 1. The van der Waals surface area contributed by atoms with Crippen LogP contribution in [0.5, 0.6) is 5.75 Å².